The first kappa shape index (κ1) is 21.3. The molecule has 0 bridgehead atoms. The zero-order valence-electron chi connectivity index (χ0n) is 17.4. The van der Waals surface area contributed by atoms with Gasteiger partial charge in [-0.2, -0.15) is 0 Å². The number of benzene rings is 1. The first-order valence-electron chi connectivity index (χ1n) is 9.97. The summed E-state index contributed by atoms with van der Waals surface area (Å²) < 4.78 is 20.7. The number of halogens is 1. The summed E-state index contributed by atoms with van der Waals surface area (Å²) in [4.78, 5) is 42.1. The van der Waals surface area contributed by atoms with Gasteiger partial charge in [-0.1, -0.05) is 12.1 Å². The fourth-order valence-electron chi connectivity index (χ4n) is 3.82. The molecule has 0 aliphatic carbocycles. The van der Waals surface area contributed by atoms with E-state index in [0.717, 1.165) is 5.56 Å². The van der Waals surface area contributed by atoms with Crippen LogP contribution in [0.15, 0.2) is 35.3 Å². The maximum atomic E-state index is 13.3. The molecule has 4 rings (SSSR count). The van der Waals surface area contributed by atoms with Gasteiger partial charge in [-0.3, -0.25) is 19.4 Å². The van der Waals surface area contributed by atoms with Crippen LogP contribution in [0.1, 0.15) is 27.9 Å². The van der Waals surface area contributed by atoms with Crippen molar-refractivity contribution >= 4 is 22.8 Å². The predicted molar refractivity (Wildman–Crippen MR) is 113 cm³/mol. The van der Waals surface area contributed by atoms with E-state index in [-0.39, 0.29) is 47.9 Å². The third-order valence-electron chi connectivity index (χ3n) is 5.45. The molecule has 1 aliphatic heterocycles. The molecule has 10 heteroatoms. The van der Waals surface area contributed by atoms with Crippen molar-refractivity contribution in [2.45, 2.75) is 25.5 Å². The quantitative estimate of drug-likeness (QED) is 0.558. The van der Waals surface area contributed by atoms with Crippen LogP contribution in [0.3, 0.4) is 0 Å². The first-order chi connectivity index (χ1) is 15.3. The van der Waals surface area contributed by atoms with Gasteiger partial charge in [0, 0.05) is 45.2 Å². The number of likely N-dealkylation sites (N-methyl/N-ethyl adjacent to an activating group) is 1. The Hall–Kier alpha value is -3.95. The minimum absolute atomic E-state index is 0.0126. The Kier molecular flexibility index (Phi) is 5.52. The molecule has 1 aromatic carbocycles. The average Bonchev–Trinajstić information content (AvgIpc) is 3.00. The van der Waals surface area contributed by atoms with Crippen LogP contribution in [0.2, 0.25) is 0 Å². The van der Waals surface area contributed by atoms with Gasteiger partial charge in [0.1, 0.15) is 22.4 Å². The van der Waals surface area contributed by atoms with Crippen LogP contribution >= 0.6 is 0 Å². The molecule has 0 spiro atoms. The second kappa shape index (κ2) is 8.29. The molecular formula is C22H21FN4O5. The second-order valence-corrected chi connectivity index (χ2v) is 7.38. The van der Waals surface area contributed by atoms with Crippen LogP contribution in [0.25, 0.3) is 11.0 Å². The van der Waals surface area contributed by atoms with Gasteiger partial charge in [0.15, 0.2) is 17.6 Å². The Bertz CT molecular complexity index is 1290. The molecule has 1 atom stereocenters. The van der Waals surface area contributed by atoms with Gasteiger partial charge in [-0.05, 0) is 17.7 Å². The molecule has 166 valence electrons. The molecule has 3 aromatic rings. The summed E-state index contributed by atoms with van der Waals surface area (Å²) in [7, 11) is 2.83. The Morgan fingerprint density at radius 2 is 1.97 bits per heavy atom. The van der Waals surface area contributed by atoms with Crippen LogP contribution in [-0.2, 0) is 17.8 Å². The number of carbonyl (C=O) groups excluding carboxylic acids is 2. The van der Waals surface area contributed by atoms with Gasteiger partial charge in [0.25, 0.3) is 17.4 Å². The number of pyridine rings is 2. The van der Waals surface area contributed by atoms with Crippen molar-refractivity contribution in [1.82, 2.24) is 20.2 Å². The lowest BCUT2D eigenvalue weighted by Crippen LogP contribution is -2.37. The molecule has 9 nitrogen and oxygen atoms in total. The topological polar surface area (TPSA) is 123 Å². The highest BCUT2D eigenvalue weighted by Gasteiger charge is 2.31. The minimum Gasteiger partial charge on any atom is -0.505 e. The Morgan fingerprint density at radius 3 is 2.62 bits per heavy atom. The van der Waals surface area contributed by atoms with E-state index >= 15 is 0 Å². The standard InChI is InChI=1S/C22H21FN4O5/c1-24-20(29)14-7-8-27-17-16(18(28)15(22(27)31)21(30)25-2)26-10-12(19(17)32-14)9-11-3-5-13(23)6-4-11/h3-6,10,14,28H,7-9H2,1-2H3,(H,24,29)(H,25,30)/t14-/m0/s1. The van der Waals surface area contributed by atoms with Crippen molar-refractivity contribution in [3.63, 3.8) is 0 Å². The van der Waals surface area contributed by atoms with Gasteiger partial charge < -0.3 is 25.0 Å². The maximum Gasteiger partial charge on any atom is 0.267 e. The number of hydrogen-bond donors (Lipinski definition) is 3. The van der Waals surface area contributed by atoms with Gasteiger partial charge in [0.05, 0.1) is 0 Å². The Labute approximate surface area is 181 Å². The second-order valence-electron chi connectivity index (χ2n) is 7.38. The highest BCUT2D eigenvalue weighted by molar-refractivity contribution is 6.02. The number of nitrogens with one attached hydrogen (secondary N) is 2. The van der Waals surface area contributed by atoms with Gasteiger partial charge in [0.2, 0.25) is 0 Å². The molecule has 32 heavy (non-hydrogen) atoms. The zero-order valence-corrected chi connectivity index (χ0v) is 17.4. The summed E-state index contributed by atoms with van der Waals surface area (Å²) in [5.74, 6) is -1.84. The van der Waals surface area contributed by atoms with Crippen LogP contribution in [-0.4, -0.2) is 46.7 Å². The van der Waals surface area contributed by atoms with E-state index in [0.29, 0.717) is 5.56 Å². The van der Waals surface area contributed by atoms with Gasteiger partial charge in [-0.25, -0.2) is 4.39 Å². The fraction of sp³-hybridized carbons (Fsp3) is 0.273. The number of nitrogens with zero attached hydrogens (tertiary/aromatic N) is 2. The number of hydrogen-bond acceptors (Lipinski definition) is 6. The number of ether oxygens (including phenoxy) is 1. The number of rotatable bonds is 4. The van der Waals surface area contributed by atoms with Crippen molar-refractivity contribution in [2.24, 2.45) is 0 Å². The Morgan fingerprint density at radius 1 is 1.25 bits per heavy atom. The molecule has 2 aromatic heterocycles. The molecule has 0 unspecified atom stereocenters. The van der Waals surface area contributed by atoms with Crippen molar-refractivity contribution < 1.29 is 23.8 Å². The summed E-state index contributed by atoms with van der Waals surface area (Å²) >= 11 is 0. The fourth-order valence-corrected chi connectivity index (χ4v) is 3.82. The molecular weight excluding hydrogens is 419 g/mol. The number of amides is 2. The largest absolute Gasteiger partial charge is 0.505 e. The summed E-state index contributed by atoms with van der Waals surface area (Å²) in [6.45, 7) is 0.0758. The first-order valence-corrected chi connectivity index (χ1v) is 9.97. The molecule has 0 saturated heterocycles. The normalized spacial score (nSPS) is 15.0. The van der Waals surface area contributed by atoms with Gasteiger partial charge >= 0.3 is 0 Å². The average molecular weight is 440 g/mol. The summed E-state index contributed by atoms with van der Waals surface area (Å²) in [6, 6.07) is 5.87. The summed E-state index contributed by atoms with van der Waals surface area (Å²) in [5, 5.41) is 15.6. The van der Waals surface area contributed by atoms with E-state index in [4.69, 9.17) is 4.74 Å². The number of carbonyl (C=O) groups is 2. The highest BCUT2D eigenvalue weighted by atomic mass is 19.1. The molecule has 3 N–H and O–H groups in total. The van der Waals surface area contributed by atoms with Crippen LogP contribution in [0.5, 0.6) is 11.5 Å². The summed E-state index contributed by atoms with van der Waals surface area (Å²) in [6.07, 6.45) is 1.00. The maximum absolute atomic E-state index is 13.3. The smallest absolute Gasteiger partial charge is 0.267 e. The zero-order chi connectivity index (χ0) is 23.0. The molecule has 0 radical (unpaired) electrons. The van der Waals surface area contributed by atoms with Gasteiger partial charge in [-0.15, -0.1) is 0 Å². The minimum atomic E-state index is -0.900. The molecule has 1 aliphatic rings. The van der Waals surface area contributed by atoms with Crippen LogP contribution in [0.4, 0.5) is 4.39 Å². The third-order valence-corrected chi connectivity index (χ3v) is 5.45. The van der Waals surface area contributed by atoms with Crippen molar-refractivity contribution in [3.8, 4) is 11.5 Å². The van der Waals surface area contributed by atoms with E-state index in [9.17, 15) is 23.9 Å². The van der Waals surface area contributed by atoms with E-state index in [2.05, 4.69) is 15.6 Å². The highest BCUT2D eigenvalue weighted by Crippen LogP contribution is 2.37. The number of aromatic nitrogens is 2. The lowest BCUT2D eigenvalue weighted by Gasteiger charge is -2.18. The van der Waals surface area contributed by atoms with Crippen LogP contribution < -0.4 is 20.9 Å². The third kappa shape index (κ3) is 3.53. The van der Waals surface area contributed by atoms with Crippen molar-refractivity contribution in [1.29, 1.82) is 0 Å². The SMILES string of the molecule is CNC(=O)c1c(O)c2ncc(Cc3ccc(F)cc3)c3c2n(c1=O)CC[C@@H](C(=O)NC)O3. The van der Waals surface area contributed by atoms with Crippen molar-refractivity contribution in [3.05, 3.63) is 63.3 Å². The van der Waals surface area contributed by atoms with E-state index in [1.54, 1.807) is 12.1 Å². The number of aromatic hydroxyl groups is 1. The molecule has 2 amide bonds. The summed E-state index contributed by atoms with van der Waals surface area (Å²) in [5.41, 5.74) is 0.374. The monoisotopic (exact) mass is 440 g/mol. The van der Waals surface area contributed by atoms with E-state index < -0.39 is 28.9 Å². The molecule has 0 saturated carbocycles. The molecule has 0 fully saturated rings. The van der Waals surface area contributed by atoms with E-state index in [1.807, 2.05) is 0 Å². The van der Waals surface area contributed by atoms with Crippen LogP contribution in [0, 0.1) is 5.82 Å². The number of aryl methyl sites for hydroxylation is 1. The predicted octanol–water partition coefficient (Wildman–Crippen LogP) is 1.09. The lowest BCUT2D eigenvalue weighted by molar-refractivity contribution is -0.127. The Balaban J connectivity index is 1.98. The van der Waals surface area contributed by atoms with E-state index in [1.165, 1.54) is 37.0 Å². The van der Waals surface area contributed by atoms with Crippen molar-refractivity contribution in [2.75, 3.05) is 14.1 Å². The lowest BCUT2D eigenvalue weighted by atomic mass is 10.0. The molecule has 3 heterocycles.